The lowest BCUT2D eigenvalue weighted by molar-refractivity contribution is -0.386. The molecule has 5 rings (SSSR count). The van der Waals surface area contributed by atoms with Crippen molar-refractivity contribution in [2.24, 2.45) is 11.7 Å². The number of para-hydroxylation sites is 1. The molecule has 2 aliphatic heterocycles. The average molecular weight is 490 g/mol. The number of nitro benzene ring substituents is 1. The summed E-state index contributed by atoms with van der Waals surface area (Å²) in [6.07, 6.45) is -1.17. The van der Waals surface area contributed by atoms with Gasteiger partial charge in [-0.3, -0.25) is 29.3 Å². The molecule has 36 heavy (non-hydrogen) atoms. The van der Waals surface area contributed by atoms with Gasteiger partial charge < -0.3 is 5.73 Å². The van der Waals surface area contributed by atoms with Crippen LogP contribution in [0, 0.1) is 21.8 Å². The van der Waals surface area contributed by atoms with E-state index in [1.54, 1.807) is 30.3 Å². The predicted octanol–water partition coefficient (Wildman–Crippen LogP) is 2.88. The Morgan fingerprint density at radius 2 is 1.72 bits per heavy atom. The highest BCUT2D eigenvalue weighted by atomic mass is 19.1. The van der Waals surface area contributed by atoms with E-state index in [1.807, 2.05) is 0 Å². The fourth-order valence-corrected chi connectivity index (χ4v) is 4.66. The highest BCUT2D eigenvalue weighted by Gasteiger charge is 2.60. The highest BCUT2D eigenvalue weighted by Crippen LogP contribution is 2.46. The molecule has 2 fully saturated rings. The minimum Gasteiger partial charge on any atom is -0.366 e. The van der Waals surface area contributed by atoms with Gasteiger partial charge in [-0.2, -0.15) is 5.06 Å². The van der Waals surface area contributed by atoms with Crippen LogP contribution in [0.1, 0.15) is 27.5 Å². The molecule has 3 amide bonds. The summed E-state index contributed by atoms with van der Waals surface area (Å²) in [7, 11) is 0. The minimum absolute atomic E-state index is 0.0383. The van der Waals surface area contributed by atoms with Crippen LogP contribution in [0.2, 0.25) is 0 Å². The van der Waals surface area contributed by atoms with Crippen molar-refractivity contribution in [3.05, 3.63) is 105 Å². The van der Waals surface area contributed by atoms with Crippen LogP contribution in [-0.2, 0) is 21.0 Å². The topological polar surface area (TPSA) is 136 Å². The Bertz CT molecular complexity index is 1380. The summed E-state index contributed by atoms with van der Waals surface area (Å²) in [5, 5.41) is 13.0. The number of hydrogen-bond acceptors (Lipinski definition) is 7. The zero-order valence-electron chi connectivity index (χ0n) is 18.6. The molecule has 11 heteroatoms. The van der Waals surface area contributed by atoms with Crippen molar-refractivity contribution in [1.82, 2.24) is 5.06 Å². The number of hydroxylamine groups is 2. The molecule has 0 radical (unpaired) electrons. The summed E-state index contributed by atoms with van der Waals surface area (Å²) < 4.78 is 13.7. The van der Waals surface area contributed by atoms with Gasteiger partial charge in [0.25, 0.3) is 11.6 Å². The van der Waals surface area contributed by atoms with Crippen LogP contribution in [0.5, 0.6) is 0 Å². The minimum atomic E-state index is -1.17. The Kier molecular flexibility index (Phi) is 5.78. The third-order valence-corrected chi connectivity index (χ3v) is 6.31. The van der Waals surface area contributed by atoms with E-state index in [4.69, 9.17) is 10.6 Å². The van der Waals surface area contributed by atoms with Crippen molar-refractivity contribution in [3.8, 4) is 0 Å². The second-order valence-corrected chi connectivity index (χ2v) is 8.44. The molecule has 3 aromatic carbocycles. The number of carbonyl (C=O) groups excluding carboxylic acids is 3. The molecule has 0 bridgehead atoms. The van der Waals surface area contributed by atoms with Gasteiger partial charge in [0.15, 0.2) is 6.10 Å². The Hall–Kier alpha value is -4.48. The van der Waals surface area contributed by atoms with E-state index in [1.165, 1.54) is 41.5 Å². The van der Waals surface area contributed by atoms with Gasteiger partial charge >= 0.3 is 0 Å². The van der Waals surface area contributed by atoms with Crippen molar-refractivity contribution in [2.75, 3.05) is 4.90 Å². The molecule has 2 saturated heterocycles. The van der Waals surface area contributed by atoms with E-state index in [0.717, 1.165) is 11.0 Å². The number of nitrogens with two attached hydrogens (primary N) is 1. The maximum Gasteiger partial charge on any atom is 0.274 e. The summed E-state index contributed by atoms with van der Waals surface area (Å²) in [4.78, 5) is 56.3. The van der Waals surface area contributed by atoms with Gasteiger partial charge in [0, 0.05) is 17.2 Å². The highest BCUT2D eigenvalue weighted by molar-refractivity contribution is 6.23. The van der Waals surface area contributed by atoms with E-state index in [9.17, 15) is 28.9 Å². The number of benzene rings is 3. The van der Waals surface area contributed by atoms with Gasteiger partial charge in [0.2, 0.25) is 11.8 Å². The zero-order valence-corrected chi connectivity index (χ0v) is 18.6. The Morgan fingerprint density at radius 1 is 1.03 bits per heavy atom. The zero-order chi connectivity index (χ0) is 25.6. The lowest BCUT2D eigenvalue weighted by atomic mass is 9.90. The van der Waals surface area contributed by atoms with Crippen molar-refractivity contribution in [1.29, 1.82) is 0 Å². The Balaban J connectivity index is 1.54. The molecule has 0 spiro atoms. The maximum atomic E-state index is 13.7. The maximum absolute atomic E-state index is 13.7. The standard InChI is InChI=1S/C25H19FN4O6/c26-17-10-8-14(9-11-17)21-20-22(25(33)29(24(20)32)18-4-2-1-3-5-18)36-28(21)13-16-7-6-15(23(27)31)12-19(16)30(34)35/h1-12,20-22H,13H2,(H2,27,31). The van der Waals surface area contributed by atoms with Crippen LogP contribution < -0.4 is 10.6 Å². The van der Waals surface area contributed by atoms with Gasteiger partial charge in [-0.25, -0.2) is 9.29 Å². The summed E-state index contributed by atoms with van der Waals surface area (Å²) in [5.74, 6) is -3.33. The quantitative estimate of drug-likeness (QED) is 0.319. The number of rotatable bonds is 6. The molecule has 2 N–H and O–H groups in total. The first-order valence-electron chi connectivity index (χ1n) is 10.9. The van der Waals surface area contributed by atoms with Crippen LogP contribution in [0.25, 0.3) is 0 Å². The Morgan fingerprint density at radius 3 is 2.36 bits per heavy atom. The number of anilines is 1. The number of amides is 3. The molecule has 3 atom stereocenters. The summed E-state index contributed by atoms with van der Waals surface area (Å²) in [5.41, 5.74) is 5.92. The number of nitro groups is 1. The fraction of sp³-hybridized carbons (Fsp3) is 0.160. The summed E-state index contributed by atoms with van der Waals surface area (Å²) in [6.45, 7) is -0.184. The van der Waals surface area contributed by atoms with Gasteiger partial charge in [-0.05, 0) is 42.0 Å². The SMILES string of the molecule is NC(=O)c1ccc(CN2OC3C(=O)N(c4ccccc4)C(=O)C3C2c2ccc(F)cc2)c([N+](=O)[O-])c1. The van der Waals surface area contributed by atoms with Gasteiger partial charge in [-0.1, -0.05) is 30.3 Å². The first kappa shape index (κ1) is 23.3. The molecular formula is C25H19FN4O6. The number of carbonyl (C=O) groups is 3. The number of imide groups is 1. The normalized spacial score (nSPS) is 21.6. The fourth-order valence-electron chi connectivity index (χ4n) is 4.66. The molecule has 182 valence electrons. The molecule has 3 unspecified atom stereocenters. The van der Waals surface area contributed by atoms with Crippen molar-refractivity contribution < 1.29 is 28.5 Å². The van der Waals surface area contributed by atoms with Crippen LogP contribution in [-0.4, -0.2) is 33.8 Å². The summed E-state index contributed by atoms with van der Waals surface area (Å²) in [6, 6.07) is 16.8. The second-order valence-electron chi connectivity index (χ2n) is 8.44. The van der Waals surface area contributed by atoms with E-state index in [0.29, 0.717) is 11.3 Å². The third-order valence-electron chi connectivity index (χ3n) is 6.31. The lowest BCUT2D eigenvalue weighted by Crippen LogP contribution is -2.37. The average Bonchev–Trinajstić information content (AvgIpc) is 3.34. The second kappa shape index (κ2) is 8.95. The Labute approximate surface area is 203 Å². The van der Waals surface area contributed by atoms with E-state index < -0.39 is 46.5 Å². The van der Waals surface area contributed by atoms with Crippen LogP contribution in [0.3, 0.4) is 0 Å². The van der Waals surface area contributed by atoms with Gasteiger partial charge in [-0.15, -0.1) is 0 Å². The molecule has 0 aromatic heterocycles. The first-order valence-corrected chi connectivity index (χ1v) is 10.9. The first-order chi connectivity index (χ1) is 17.3. The number of nitrogens with zero attached hydrogens (tertiary/aromatic N) is 3. The van der Waals surface area contributed by atoms with Crippen LogP contribution in [0.4, 0.5) is 15.8 Å². The molecular weight excluding hydrogens is 471 g/mol. The van der Waals surface area contributed by atoms with Crippen molar-refractivity contribution >= 4 is 29.1 Å². The molecule has 2 heterocycles. The predicted molar refractivity (Wildman–Crippen MR) is 124 cm³/mol. The van der Waals surface area contributed by atoms with E-state index >= 15 is 0 Å². The third kappa shape index (κ3) is 3.89. The number of halogens is 1. The van der Waals surface area contributed by atoms with E-state index in [2.05, 4.69) is 0 Å². The molecule has 10 nitrogen and oxygen atoms in total. The largest absolute Gasteiger partial charge is 0.366 e. The number of primary amides is 1. The van der Waals surface area contributed by atoms with Crippen molar-refractivity contribution in [2.45, 2.75) is 18.7 Å². The van der Waals surface area contributed by atoms with E-state index in [-0.39, 0.29) is 23.4 Å². The van der Waals surface area contributed by atoms with Gasteiger partial charge in [0.05, 0.1) is 29.1 Å². The molecule has 0 aliphatic carbocycles. The number of fused-ring (bicyclic) bond motifs is 1. The molecule has 2 aliphatic rings. The van der Waals surface area contributed by atoms with Crippen molar-refractivity contribution in [3.63, 3.8) is 0 Å². The smallest absolute Gasteiger partial charge is 0.274 e. The lowest BCUT2D eigenvalue weighted by Gasteiger charge is -2.27. The van der Waals surface area contributed by atoms with Crippen LogP contribution in [0.15, 0.2) is 72.8 Å². The van der Waals surface area contributed by atoms with Crippen LogP contribution >= 0.6 is 0 Å². The molecule has 0 saturated carbocycles. The molecule has 3 aromatic rings. The summed E-state index contributed by atoms with van der Waals surface area (Å²) >= 11 is 0. The number of hydrogen-bond donors (Lipinski definition) is 1. The van der Waals surface area contributed by atoms with Gasteiger partial charge in [0.1, 0.15) is 5.82 Å². The monoisotopic (exact) mass is 490 g/mol.